The second kappa shape index (κ2) is 5.61. The van der Waals surface area contributed by atoms with Gasteiger partial charge in [0, 0.05) is 6.04 Å². The van der Waals surface area contributed by atoms with Crippen molar-refractivity contribution in [2.45, 2.75) is 26.0 Å². The average molecular weight is 209 g/mol. The maximum Gasteiger partial charge on any atom is 0.120 e. The third-order valence-electron chi connectivity index (χ3n) is 2.54. The van der Waals surface area contributed by atoms with E-state index in [-0.39, 0.29) is 6.10 Å². The monoisotopic (exact) mass is 209 g/mol. The first-order valence-electron chi connectivity index (χ1n) is 5.15. The van der Waals surface area contributed by atoms with Gasteiger partial charge >= 0.3 is 0 Å². The zero-order chi connectivity index (χ0) is 11.3. The smallest absolute Gasteiger partial charge is 0.120 e. The fourth-order valence-corrected chi connectivity index (χ4v) is 1.21. The molecule has 0 aliphatic carbocycles. The highest BCUT2D eigenvalue weighted by atomic mass is 16.5. The highest BCUT2D eigenvalue weighted by Crippen LogP contribution is 2.18. The molecule has 0 spiro atoms. The van der Waals surface area contributed by atoms with Crippen LogP contribution in [0.1, 0.15) is 13.8 Å². The molecule has 84 valence electrons. The van der Waals surface area contributed by atoms with Crippen molar-refractivity contribution in [2.24, 2.45) is 0 Å². The molecule has 2 atom stereocenters. The van der Waals surface area contributed by atoms with Crippen LogP contribution < -0.4 is 14.8 Å². The minimum Gasteiger partial charge on any atom is -0.497 e. The summed E-state index contributed by atoms with van der Waals surface area (Å²) in [7, 11) is 3.58. The van der Waals surface area contributed by atoms with E-state index in [1.165, 1.54) is 0 Å². The Kier molecular flexibility index (Phi) is 4.43. The molecule has 1 aromatic carbocycles. The van der Waals surface area contributed by atoms with E-state index in [1.807, 2.05) is 38.2 Å². The molecule has 0 aliphatic rings. The summed E-state index contributed by atoms with van der Waals surface area (Å²) in [4.78, 5) is 0. The summed E-state index contributed by atoms with van der Waals surface area (Å²) in [6.07, 6.45) is 0.142. The molecule has 2 unspecified atom stereocenters. The number of methoxy groups -OCH3 is 1. The third kappa shape index (κ3) is 3.44. The van der Waals surface area contributed by atoms with Crippen LogP contribution in [0.15, 0.2) is 24.3 Å². The molecule has 0 amide bonds. The molecular formula is C12H19NO2. The fraction of sp³-hybridized carbons (Fsp3) is 0.500. The fourth-order valence-electron chi connectivity index (χ4n) is 1.21. The maximum absolute atomic E-state index is 5.75. The van der Waals surface area contributed by atoms with Gasteiger partial charge in [0.15, 0.2) is 0 Å². The molecule has 1 aromatic rings. The summed E-state index contributed by atoms with van der Waals surface area (Å²) in [6.45, 7) is 4.14. The van der Waals surface area contributed by atoms with Gasteiger partial charge in [0.25, 0.3) is 0 Å². The van der Waals surface area contributed by atoms with Crippen LogP contribution in [0.3, 0.4) is 0 Å². The molecular weight excluding hydrogens is 190 g/mol. The first-order valence-corrected chi connectivity index (χ1v) is 5.15. The minimum absolute atomic E-state index is 0.142. The Labute approximate surface area is 91.4 Å². The van der Waals surface area contributed by atoms with Crippen molar-refractivity contribution in [3.63, 3.8) is 0 Å². The van der Waals surface area contributed by atoms with E-state index in [2.05, 4.69) is 12.2 Å². The Bertz CT molecular complexity index is 284. The van der Waals surface area contributed by atoms with Crippen molar-refractivity contribution < 1.29 is 9.47 Å². The number of nitrogens with one attached hydrogen (secondary N) is 1. The topological polar surface area (TPSA) is 30.5 Å². The van der Waals surface area contributed by atoms with E-state index in [9.17, 15) is 0 Å². The van der Waals surface area contributed by atoms with Crippen LogP contribution in [-0.2, 0) is 0 Å². The van der Waals surface area contributed by atoms with Gasteiger partial charge < -0.3 is 14.8 Å². The van der Waals surface area contributed by atoms with E-state index in [4.69, 9.17) is 9.47 Å². The van der Waals surface area contributed by atoms with Crippen molar-refractivity contribution in [3.8, 4) is 11.5 Å². The molecule has 3 heteroatoms. The number of likely N-dealkylation sites (N-methyl/N-ethyl adjacent to an activating group) is 1. The lowest BCUT2D eigenvalue weighted by Crippen LogP contribution is -2.36. The van der Waals surface area contributed by atoms with Crippen LogP contribution in [0.25, 0.3) is 0 Å². The number of rotatable bonds is 5. The molecule has 0 radical (unpaired) electrons. The lowest BCUT2D eigenvalue weighted by molar-refractivity contribution is 0.182. The zero-order valence-corrected chi connectivity index (χ0v) is 9.78. The van der Waals surface area contributed by atoms with Crippen LogP contribution >= 0.6 is 0 Å². The van der Waals surface area contributed by atoms with Gasteiger partial charge in [-0.15, -0.1) is 0 Å². The maximum atomic E-state index is 5.75. The second-order valence-corrected chi connectivity index (χ2v) is 3.58. The Morgan fingerprint density at radius 3 is 2.07 bits per heavy atom. The van der Waals surface area contributed by atoms with Crippen molar-refractivity contribution in [1.29, 1.82) is 0 Å². The molecule has 15 heavy (non-hydrogen) atoms. The van der Waals surface area contributed by atoms with Crippen LogP contribution in [0.4, 0.5) is 0 Å². The summed E-state index contributed by atoms with van der Waals surface area (Å²) in [5.41, 5.74) is 0. The third-order valence-corrected chi connectivity index (χ3v) is 2.54. The van der Waals surface area contributed by atoms with Gasteiger partial charge in [-0.2, -0.15) is 0 Å². The second-order valence-electron chi connectivity index (χ2n) is 3.58. The van der Waals surface area contributed by atoms with E-state index < -0.39 is 0 Å². The molecule has 0 aromatic heterocycles. The van der Waals surface area contributed by atoms with Crippen LogP contribution in [-0.4, -0.2) is 26.3 Å². The van der Waals surface area contributed by atoms with E-state index >= 15 is 0 Å². The highest BCUT2D eigenvalue weighted by molar-refractivity contribution is 5.31. The standard InChI is InChI=1S/C12H19NO2/c1-9(13-3)10(2)15-12-7-5-11(14-4)6-8-12/h5-10,13H,1-4H3. The van der Waals surface area contributed by atoms with Gasteiger partial charge in [0.2, 0.25) is 0 Å². The molecule has 0 heterocycles. The molecule has 1 N–H and O–H groups in total. The lowest BCUT2D eigenvalue weighted by atomic mass is 10.2. The average Bonchev–Trinajstić information content (AvgIpc) is 2.29. The Balaban J connectivity index is 2.57. The molecule has 0 bridgehead atoms. The van der Waals surface area contributed by atoms with E-state index in [0.29, 0.717) is 6.04 Å². The number of ether oxygens (including phenoxy) is 2. The Morgan fingerprint density at radius 1 is 1.07 bits per heavy atom. The first kappa shape index (κ1) is 11.9. The van der Waals surface area contributed by atoms with Gasteiger partial charge in [-0.05, 0) is 45.2 Å². The predicted octanol–water partition coefficient (Wildman–Crippen LogP) is 2.07. The predicted molar refractivity (Wildman–Crippen MR) is 61.6 cm³/mol. The van der Waals surface area contributed by atoms with E-state index in [1.54, 1.807) is 7.11 Å². The summed E-state index contributed by atoms with van der Waals surface area (Å²) in [5.74, 6) is 1.71. The lowest BCUT2D eigenvalue weighted by Gasteiger charge is -2.20. The largest absolute Gasteiger partial charge is 0.497 e. The van der Waals surface area contributed by atoms with Crippen molar-refractivity contribution >= 4 is 0 Å². The van der Waals surface area contributed by atoms with Crippen LogP contribution in [0, 0.1) is 0 Å². The molecule has 0 saturated carbocycles. The Hall–Kier alpha value is -1.22. The zero-order valence-electron chi connectivity index (χ0n) is 9.78. The number of benzene rings is 1. The molecule has 0 saturated heterocycles. The van der Waals surface area contributed by atoms with E-state index in [0.717, 1.165) is 11.5 Å². The van der Waals surface area contributed by atoms with Gasteiger partial charge in [0.05, 0.1) is 7.11 Å². The van der Waals surface area contributed by atoms with Gasteiger partial charge in [-0.1, -0.05) is 0 Å². The molecule has 0 fully saturated rings. The quantitative estimate of drug-likeness (QED) is 0.805. The highest BCUT2D eigenvalue weighted by Gasteiger charge is 2.11. The summed E-state index contributed by atoms with van der Waals surface area (Å²) in [6, 6.07) is 7.94. The van der Waals surface area contributed by atoms with Crippen molar-refractivity contribution in [3.05, 3.63) is 24.3 Å². The van der Waals surface area contributed by atoms with Gasteiger partial charge in [0.1, 0.15) is 17.6 Å². The van der Waals surface area contributed by atoms with Crippen LogP contribution in [0.5, 0.6) is 11.5 Å². The Morgan fingerprint density at radius 2 is 1.60 bits per heavy atom. The van der Waals surface area contributed by atoms with Crippen molar-refractivity contribution in [2.75, 3.05) is 14.2 Å². The van der Waals surface area contributed by atoms with Crippen LogP contribution in [0.2, 0.25) is 0 Å². The molecule has 0 aliphatic heterocycles. The minimum atomic E-state index is 0.142. The number of hydrogen-bond donors (Lipinski definition) is 1. The van der Waals surface area contributed by atoms with Gasteiger partial charge in [-0.3, -0.25) is 0 Å². The number of hydrogen-bond acceptors (Lipinski definition) is 3. The molecule has 1 rings (SSSR count). The summed E-state index contributed by atoms with van der Waals surface area (Å²) in [5, 5.41) is 3.16. The normalized spacial score (nSPS) is 14.4. The molecule has 3 nitrogen and oxygen atoms in total. The summed E-state index contributed by atoms with van der Waals surface area (Å²) >= 11 is 0. The summed E-state index contributed by atoms with van der Waals surface area (Å²) < 4.78 is 10.8. The van der Waals surface area contributed by atoms with Crippen molar-refractivity contribution in [1.82, 2.24) is 5.32 Å². The SMILES string of the molecule is CNC(C)C(C)Oc1ccc(OC)cc1. The first-order chi connectivity index (χ1) is 7.17. The van der Waals surface area contributed by atoms with Gasteiger partial charge in [-0.25, -0.2) is 0 Å².